The standard InChI is InChI=1S/C12H25N3O3S.ClH/c1-11(18-2)10-19(16,17)15-6-3-12(9-15)14-7-4-13-5-8-14;/h11-13H,3-10H2,1-2H3;1H. The Balaban J connectivity index is 0.00000200. The summed E-state index contributed by atoms with van der Waals surface area (Å²) in [5.41, 5.74) is 0. The fourth-order valence-corrected chi connectivity index (χ4v) is 4.50. The molecule has 2 aliphatic rings. The maximum absolute atomic E-state index is 12.2. The van der Waals surface area contributed by atoms with Crippen molar-refractivity contribution in [1.29, 1.82) is 0 Å². The predicted molar refractivity (Wildman–Crippen MR) is 81.9 cm³/mol. The zero-order valence-corrected chi connectivity index (χ0v) is 13.9. The van der Waals surface area contributed by atoms with Crippen LogP contribution in [0, 0.1) is 0 Å². The van der Waals surface area contributed by atoms with Crippen LogP contribution in [0.15, 0.2) is 0 Å². The number of piperazine rings is 1. The van der Waals surface area contributed by atoms with Gasteiger partial charge in [0.25, 0.3) is 0 Å². The van der Waals surface area contributed by atoms with Crippen LogP contribution in [0.1, 0.15) is 13.3 Å². The molecule has 2 atom stereocenters. The van der Waals surface area contributed by atoms with E-state index in [1.165, 1.54) is 0 Å². The van der Waals surface area contributed by atoms with Gasteiger partial charge in [-0.15, -0.1) is 12.4 Å². The summed E-state index contributed by atoms with van der Waals surface area (Å²) >= 11 is 0. The molecule has 0 amide bonds. The van der Waals surface area contributed by atoms with Gasteiger partial charge in [0.05, 0.1) is 11.9 Å². The molecule has 1 N–H and O–H groups in total. The number of nitrogens with zero attached hydrogens (tertiary/aromatic N) is 2. The van der Waals surface area contributed by atoms with E-state index in [1.54, 1.807) is 18.3 Å². The van der Waals surface area contributed by atoms with E-state index in [2.05, 4.69) is 10.2 Å². The molecule has 2 heterocycles. The van der Waals surface area contributed by atoms with Gasteiger partial charge in [0.2, 0.25) is 10.0 Å². The largest absolute Gasteiger partial charge is 0.381 e. The number of hydrogen-bond acceptors (Lipinski definition) is 5. The second kappa shape index (κ2) is 7.91. The maximum atomic E-state index is 12.2. The third-order valence-corrected chi connectivity index (χ3v) is 6.04. The minimum absolute atomic E-state index is 0. The van der Waals surface area contributed by atoms with Crippen LogP contribution in [-0.2, 0) is 14.8 Å². The smallest absolute Gasteiger partial charge is 0.216 e. The van der Waals surface area contributed by atoms with Crippen molar-refractivity contribution in [2.24, 2.45) is 0 Å². The van der Waals surface area contributed by atoms with Crippen LogP contribution in [0.4, 0.5) is 0 Å². The van der Waals surface area contributed by atoms with Gasteiger partial charge < -0.3 is 10.1 Å². The molecular weight excluding hydrogens is 302 g/mol. The molecule has 0 aromatic rings. The topological polar surface area (TPSA) is 61.9 Å². The van der Waals surface area contributed by atoms with Crippen molar-refractivity contribution >= 4 is 22.4 Å². The molecule has 20 heavy (non-hydrogen) atoms. The summed E-state index contributed by atoms with van der Waals surface area (Å²) in [4.78, 5) is 2.41. The highest BCUT2D eigenvalue weighted by atomic mass is 35.5. The second-order valence-electron chi connectivity index (χ2n) is 5.41. The normalized spacial score (nSPS) is 27.2. The summed E-state index contributed by atoms with van der Waals surface area (Å²) in [6, 6.07) is 0.384. The third-order valence-electron chi connectivity index (χ3n) is 4.04. The fourth-order valence-electron chi connectivity index (χ4n) is 2.78. The average molecular weight is 328 g/mol. The Morgan fingerprint density at radius 3 is 2.55 bits per heavy atom. The molecule has 2 aliphatic heterocycles. The number of nitrogens with one attached hydrogen (secondary N) is 1. The molecule has 2 rings (SSSR count). The van der Waals surface area contributed by atoms with Crippen molar-refractivity contribution in [2.75, 3.05) is 52.1 Å². The molecule has 0 saturated carbocycles. The van der Waals surface area contributed by atoms with E-state index in [-0.39, 0.29) is 24.3 Å². The van der Waals surface area contributed by atoms with E-state index in [4.69, 9.17) is 4.74 Å². The number of sulfonamides is 1. The van der Waals surface area contributed by atoms with Gasteiger partial charge in [-0.2, -0.15) is 0 Å². The summed E-state index contributed by atoms with van der Waals surface area (Å²) < 4.78 is 31.2. The van der Waals surface area contributed by atoms with E-state index >= 15 is 0 Å². The van der Waals surface area contributed by atoms with Gasteiger partial charge in [0.15, 0.2) is 0 Å². The predicted octanol–water partition coefficient (Wildman–Crippen LogP) is -0.248. The minimum atomic E-state index is -3.18. The van der Waals surface area contributed by atoms with Gasteiger partial charge in [0, 0.05) is 52.4 Å². The number of ether oxygens (including phenoxy) is 1. The zero-order valence-electron chi connectivity index (χ0n) is 12.2. The molecule has 0 spiro atoms. The van der Waals surface area contributed by atoms with E-state index in [0.29, 0.717) is 19.1 Å². The zero-order chi connectivity index (χ0) is 13.9. The minimum Gasteiger partial charge on any atom is -0.381 e. The Hall–Kier alpha value is 0.0800. The molecule has 6 nitrogen and oxygen atoms in total. The molecule has 2 unspecified atom stereocenters. The SMILES string of the molecule is COC(C)CS(=O)(=O)N1CCC(N2CCNCC2)C1.Cl. The molecule has 0 radical (unpaired) electrons. The summed E-state index contributed by atoms with van der Waals surface area (Å²) in [5.74, 6) is 0.0811. The Labute approximate surface area is 128 Å². The van der Waals surface area contributed by atoms with Gasteiger partial charge in [-0.25, -0.2) is 12.7 Å². The first-order chi connectivity index (χ1) is 9.03. The molecular formula is C12H26ClN3O3S. The van der Waals surface area contributed by atoms with Crippen LogP contribution in [-0.4, -0.2) is 81.9 Å². The highest BCUT2D eigenvalue weighted by Gasteiger charge is 2.35. The first kappa shape index (κ1) is 18.1. The highest BCUT2D eigenvalue weighted by molar-refractivity contribution is 7.89. The molecule has 2 saturated heterocycles. The average Bonchev–Trinajstić information content (AvgIpc) is 2.89. The fraction of sp³-hybridized carbons (Fsp3) is 1.00. The lowest BCUT2D eigenvalue weighted by Crippen LogP contribution is -2.49. The Kier molecular flexibility index (Phi) is 7.17. The van der Waals surface area contributed by atoms with Gasteiger partial charge in [-0.05, 0) is 13.3 Å². The van der Waals surface area contributed by atoms with Crippen molar-refractivity contribution in [1.82, 2.24) is 14.5 Å². The second-order valence-corrected chi connectivity index (χ2v) is 7.42. The van der Waals surface area contributed by atoms with Gasteiger partial charge >= 0.3 is 0 Å². The summed E-state index contributed by atoms with van der Waals surface area (Å²) in [5, 5.41) is 3.32. The molecule has 0 aromatic heterocycles. The van der Waals surface area contributed by atoms with Gasteiger partial charge in [-0.1, -0.05) is 0 Å². The van der Waals surface area contributed by atoms with E-state index in [9.17, 15) is 8.42 Å². The number of hydrogen-bond donors (Lipinski definition) is 1. The quantitative estimate of drug-likeness (QED) is 0.754. The van der Waals surface area contributed by atoms with Crippen molar-refractivity contribution in [3.8, 4) is 0 Å². The van der Waals surface area contributed by atoms with Crippen LogP contribution in [0.2, 0.25) is 0 Å². The molecule has 0 aliphatic carbocycles. The van der Waals surface area contributed by atoms with E-state index < -0.39 is 10.0 Å². The lowest BCUT2D eigenvalue weighted by molar-refractivity contribution is 0.135. The van der Waals surface area contributed by atoms with E-state index in [0.717, 1.165) is 32.6 Å². The molecule has 2 fully saturated rings. The van der Waals surface area contributed by atoms with Crippen LogP contribution < -0.4 is 5.32 Å². The highest BCUT2D eigenvalue weighted by Crippen LogP contribution is 2.20. The summed E-state index contributed by atoms with van der Waals surface area (Å²) in [6.07, 6.45) is 0.698. The maximum Gasteiger partial charge on any atom is 0.216 e. The summed E-state index contributed by atoms with van der Waals surface area (Å²) in [6.45, 7) is 7.13. The lowest BCUT2D eigenvalue weighted by atomic mass is 10.2. The van der Waals surface area contributed by atoms with Crippen LogP contribution in [0.5, 0.6) is 0 Å². The first-order valence-corrected chi connectivity index (χ1v) is 8.59. The van der Waals surface area contributed by atoms with Crippen LogP contribution in [0.25, 0.3) is 0 Å². The Morgan fingerprint density at radius 2 is 1.95 bits per heavy atom. The van der Waals surface area contributed by atoms with Crippen molar-refractivity contribution in [3.05, 3.63) is 0 Å². The summed E-state index contributed by atoms with van der Waals surface area (Å²) in [7, 11) is -1.63. The number of halogens is 1. The molecule has 120 valence electrons. The van der Waals surface area contributed by atoms with E-state index in [1.807, 2.05) is 0 Å². The van der Waals surface area contributed by atoms with Crippen LogP contribution in [0.3, 0.4) is 0 Å². The molecule has 0 bridgehead atoms. The van der Waals surface area contributed by atoms with Crippen molar-refractivity contribution < 1.29 is 13.2 Å². The number of methoxy groups -OCH3 is 1. The van der Waals surface area contributed by atoms with Gasteiger partial charge in [0.1, 0.15) is 0 Å². The monoisotopic (exact) mass is 327 g/mol. The molecule has 8 heteroatoms. The van der Waals surface area contributed by atoms with Crippen molar-refractivity contribution in [2.45, 2.75) is 25.5 Å². The van der Waals surface area contributed by atoms with Gasteiger partial charge in [-0.3, -0.25) is 4.90 Å². The van der Waals surface area contributed by atoms with Crippen LogP contribution >= 0.6 is 12.4 Å². The number of rotatable bonds is 5. The third kappa shape index (κ3) is 4.54. The van der Waals surface area contributed by atoms with Crippen molar-refractivity contribution in [3.63, 3.8) is 0 Å². The Morgan fingerprint density at radius 1 is 1.30 bits per heavy atom. The first-order valence-electron chi connectivity index (χ1n) is 6.98. The Bertz CT molecular complexity index is 387. The molecule has 0 aromatic carbocycles. The lowest BCUT2D eigenvalue weighted by Gasteiger charge is -2.32.